The molecule has 2 N–H and O–H groups in total. The second-order valence-electron chi connectivity index (χ2n) is 7.87. The lowest BCUT2D eigenvalue weighted by Crippen LogP contribution is -2.12. The minimum absolute atomic E-state index is 0.0695. The Morgan fingerprint density at radius 3 is 2.16 bits per heavy atom. The molecule has 8 heteroatoms. The van der Waals surface area contributed by atoms with Gasteiger partial charge >= 0.3 is 6.18 Å². The smallest absolute Gasteiger partial charge is 0.421 e. The molecule has 1 heterocycles. The molecule has 3 aromatic rings. The van der Waals surface area contributed by atoms with Gasteiger partial charge in [0.15, 0.2) is 0 Å². The maximum Gasteiger partial charge on any atom is 0.421 e. The average molecular weight is 445 g/mol. The number of hydrogen-bond donors (Lipinski definition) is 2. The van der Waals surface area contributed by atoms with Crippen LogP contribution in [-0.4, -0.2) is 16.6 Å². The first kappa shape index (κ1) is 23.4. The first-order chi connectivity index (χ1) is 15.2. The molecule has 0 bridgehead atoms. The average Bonchev–Trinajstić information content (AvgIpc) is 2.74. The van der Waals surface area contributed by atoms with Crippen molar-refractivity contribution in [3.05, 3.63) is 65.9 Å². The maximum absolute atomic E-state index is 13.5. The summed E-state index contributed by atoms with van der Waals surface area (Å²) in [5, 5.41) is 5.72. The van der Waals surface area contributed by atoms with E-state index in [1.165, 1.54) is 5.56 Å². The second-order valence-corrected chi connectivity index (χ2v) is 7.87. The third-order valence-corrected chi connectivity index (χ3v) is 4.54. The van der Waals surface area contributed by atoms with Gasteiger partial charge in [-0.3, -0.25) is 0 Å². The Morgan fingerprint density at radius 2 is 1.56 bits per heavy atom. The summed E-state index contributed by atoms with van der Waals surface area (Å²) in [6, 6.07) is 14.4. The van der Waals surface area contributed by atoms with Crippen LogP contribution in [0.5, 0.6) is 5.75 Å². The van der Waals surface area contributed by atoms with E-state index in [4.69, 9.17) is 4.74 Å². The van der Waals surface area contributed by atoms with Crippen LogP contribution in [0, 0.1) is 5.92 Å². The first-order valence-corrected chi connectivity index (χ1v) is 10.5. The topological polar surface area (TPSA) is 59.1 Å². The molecular formula is C24H27F3N4O. The summed E-state index contributed by atoms with van der Waals surface area (Å²) in [4.78, 5) is 7.95. The number of ether oxygens (including phenoxy) is 1. The molecule has 0 fully saturated rings. The zero-order valence-electron chi connectivity index (χ0n) is 18.3. The van der Waals surface area contributed by atoms with Crippen molar-refractivity contribution >= 4 is 23.1 Å². The van der Waals surface area contributed by atoms with Crippen molar-refractivity contribution < 1.29 is 17.9 Å². The normalized spacial score (nSPS) is 11.5. The largest absolute Gasteiger partial charge is 0.494 e. The fraction of sp³-hybridized carbons (Fsp3) is 0.333. The SMILES string of the molecule is CCCOc1ccc(Nc2nc(Nc3ccc(CC(C)C)cc3)ncc2C(F)(F)F)cc1. The monoisotopic (exact) mass is 444 g/mol. The van der Waals surface area contributed by atoms with Crippen LogP contribution >= 0.6 is 0 Å². The summed E-state index contributed by atoms with van der Waals surface area (Å²) in [7, 11) is 0. The van der Waals surface area contributed by atoms with Crippen LogP contribution < -0.4 is 15.4 Å². The van der Waals surface area contributed by atoms with Gasteiger partial charge in [0.05, 0.1) is 6.61 Å². The van der Waals surface area contributed by atoms with Crippen molar-refractivity contribution in [2.75, 3.05) is 17.2 Å². The molecule has 5 nitrogen and oxygen atoms in total. The highest BCUT2D eigenvalue weighted by Gasteiger charge is 2.35. The van der Waals surface area contributed by atoms with Gasteiger partial charge < -0.3 is 15.4 Å². The van der Waals surface area contributed by atoms with Crippen molar-refractivity contribution in [1.82, 2.24) is 9.97 Å². The third-order valence-electron chi connectivity index (χ3n) is 4.54. The number of nitrogens with zero attached hydrogens (tertiary/aromatic N) is 2. The first-order valence-electron chi connectivity index (χ1n) is 10.5. The Bertz CT molecular complexity index is 1000. The van der Waals surface area contributed by atoms with Crippen LogP contribution in [0.2, 0.25) is 0 Å². The molecule has 3 rings (SSSR count). The number of nitrogens with one attached hydrogen (secondary N) is 2. The van der Waals surface area contributed by atoms with Gasteiger partial charge in [-0.1, -0.05) is 32.9 Å². The predicted molar refractivity (Wildman–Crippen MR) is 121 cm³/mol. The molecule has 0 amide bonds. The fourth-order valence-electron chi connectivity index (χ4n) is 3.06. The number of alkyl halides is 3. The van der Waals surface area contributed by atoms with Gasteiger partial charge in [0.1, 0.15) is 17.1 Å². The second kappa shape index (κ2) is 10.3. The van der Waals surface area contributed by atoms with Crippen molar-refractivity contribution in [2.45, 2.75) is 39.8 Å². The van der Waals surface area contributed by atoms with Gasteiger partial charge in [0.2, 0.25) is 5.95 Å². The summed E-state index contributed by atoms with van der Waals surface area (Å²) in [5.41, 5.74) is 1.40. The lowest BCUT2D eigenvalue weighted by molar-refractivity contribution is -0.137. The van der Waals surface area contributed by atoms with E-state index in [1.54, 1.807) is 24.3 Å². The molecule has 0 atom stereocenters. The number of benzene rings is 2. The molecule has 0 radical (unpaired) electrons. The van der Waals surface area contributed by atoms with Gasteiger partial charge in [-0.15, -0.1) is 0 Å². The highest BCUT2D eigenvalue weighted by molar-refractivity contribution is 5.63. The summed E-state index contributed by atoms with van der Waals surface area (Å²) < 4.78 is 46.0. The molecule has 0 aliphatic heterocycles. The van der Waals surface area contributed by atoms with E-state index in [-0.39, 0.29) is 11.8 Å². The van der Waals surface area contributed by atoms with Crippen LogP contribution in [-0.2, 0) is 12.6 Å². The predicted octanol–water partition coefficient (Wildman–Crippen LogP) is 6.97. The van der Waals surface area contributed by atoms with Gasteiger partial charge in [-0.05, 0) is 60.7 Å². The number of hydrogen-bond acceptors (Lipinski definition) is 5. The Morgan fingerprint density at radius 1 is 0.938 bits per heavy atom. The Balaban J connectivity index is 1.80. The van der Waals surface area contributed by atoms with Crippen molar-refractivity contribution in [2.24, 2.45) is 5.92 Å². The van der Waals surface area contributed by atoms with Crippen LogP contribution in [0.3, 0.4) is 0 Å². The molecule has 0 spiro atoms. The van der Waals surface area contributed by atoms with Gasteiger partial charge in [0.25, 0.3) is 0 Å². The van der Waals surface area contributed by atoms with E-state index in [9.17, 15) is 13.2 Å². The molecule has 0 unspecified atom stereocenters. The molecule has 0 aliphatic rings. The van der Waals surface area contributed by atoms with Crippen LogP contribution in [0.25, 0.3) is 0 Å². The van der Waals surface area contributed by atoms with Gasteiger partial charge in [0, 0.05) is 17.6 Å². The summed E-state index contributed by atoms with van der Waals surface area (Å²) in [6.07, 6.45) is -1.99. The standard InChI is InChI=1S/C24H27F3N4O/c1-4-13-32-20-11-9-18(10-12-20)29-22-21(24(25,26)27)15-28-23(31-22)30-19-7-5-17(6-8-19)14-16(2)3/h5-12,15-16H,4,13-14H2,1-3H3,(H2,28,29,30,31). The van der Waals surface area contributed by atoms with Gasteiger partial charge in [-0.25, -0.2) is 4.98 Å². The minimum atomic E-state index is -4.59. The van der Waals surface area contributed by atoms with Crippen LogP contribution in [0.4, 0.5) is 36.3 Å². The molecule has 0 saturated carbocycles. The van der Waals surface area contributed by atoms with E-state index in [1.807, 2.05) is 31.2 Å². The molecular weight excluding hydrogens is 417 g/mol. The number of aromatic nitrogens is 2. The molecule has 32 heavy (non-hydrogen) atoms. The lowest BCUT2D eigenvalue weighted by atomic mass is 10.0. The lowest BCUT2D eigenvalue weighted by Gasteiger charge is -2.15. The van der Waals surface area contributed by atoms with Gasteiger partial charge in [-0.2, -0.15) is 18.2 Å². The van der Waals surface area contributed by atoms with Crippen LogP contribution in [0.1, 0.15) is 38.3 Å². The molecule has 170 valence electrons. The van der Waals surface area contributed by atoms with E-state index >= 15 is 0 Å². The zero-order valence-corrected chi connectivity index (χ0v) is 18.3. The minimum Gasteiger partial charge on any atom is -0.494 e. The van der Waals surface area contributed by atoms with E-state index in [0.717, 1.165) is 19.0 Å². The van der Waals surface area contributed by atoms with E-state index < -0.39 is 11.7 Å². The molecule has 0 saturated heterocycles. The third kappa shape index (κ3) is 6.60. The summed E-state index contributed by atoms with van der Waals surface area (Å²) in [6.45, 7) is 6.85. The molecule has 0 aliphatic carbocycles. The number of rotatable bonds is 9. The Hall–Kier alpha value is -3.29. The summed E-state index contributed by atoms with van der Waals surface area (Å²) in [5.74, 6) is 0.932. The molecule has 2 aromatic carbocycles. The van der Waals surface area contributed by atoms with E-state index in [2.05, 4.69) is 34.4 Å². The number of anilines is 4. The highest BCUT2D eigenvalue weighted by Crippen LogP contribution is 2.35. The van der Waals surface area contributed by atoms with E-state index in [0.29, 0.717) is 29.6 Å². The fourth-order valence-corrected chi connectivity index (χ4v) is 3.06. The van der Waals surface area contributed by atoms with Crippen molar-refractivity contribution in [1.29, 1.82) is 0 Å². The number of halogens is 3. The van der Waals surface area contributed by atoms with Crippen molar-refractivity contribution in [3.63, 3.8) is 0 Å². The zero-order chi connectivity index (χ0) is 23.1. The highest BCUT2D eigenvalue weighted by atomic mass is 19.4. The maximum atomic E-state index is 13.5. The quantitative estimate of drug-likeness (QED) is 0.373. The Kier molecular flexibility index (Phi) is 7.56. The summed E-state index contributed by atoms with van der Waals surface area (Å²) >= 11 is 0. The Labute approximate surface area is 186 Å². The van der Waals surface area contributed by atoms with Crippen molar-refractivity contribution in [3.8, 4) is 5.75 Å². The van der Waals surface area contributed by atoms with Crippen LogP contribution in [0.15, 0.2) is 54.7 Å². The molecule has 1 aromatic heterocycles.